The summed E-state index contributed by atoms with van der Waals surface area (Å²) in [6.07, 6.45) is 2.76. The van der Waals surface area contributed by atoms with Crippen molar-refractivity contribution in [2.24, 2.45) is 5.10 Å². The molecule has 1 N–H and O–H groups in total. The van der Waals surface area contributed by atoms with Crippen LogP contribution < -0.4 is 4.74 Å². The lowest BCUT2D eigenvalue weighted by molar-refractivity contribution is -0.152. The van der Waals surface area contributed by atoms with E-state index in [2.05, 4.69) is 48.0 Å². The van der Waals surface area contributed by atoms with E-state index in [9.17, 15) is 5.11 Å². The Bertz CT molecular complexity index is 898. The van der Waals surface area contributed by atoms with Gasteiger partial charge in [-0.15, -0.1) is 0 Å². The molecule has 0 amide bonds. The van der Waals surface area contributed by atoms with Gasteiger partial charge in [0.05, 0.1) is 11.8 Å². The molecule has 0 aromatic heterocycles. The molecule has 1 saturated heterocycles. The molecular weight excluding hydrogens is 350 g/mol. The molecule has 2 aromatic rings. The number of hydrogen-bond donors (Lipinski definition) is 1. The number of likely N-dealkylation sites (tertiary alicyclic amines) is 1. The SMILES string of the molecule is CC(C)N1CCC2(CC1)Oc1ccccc1[C@@H]1CC(c3ccc(O)cc3)=NN12. The quantitative estimate of drug-likeness (QED) is 0.855. The predicted octanol–water partition coefficient (Wildman–Crippen LogP) is 4.14. The standard InChI is InChI=1S/C23H27N3O2/c1-16(2)25-13-11-23(12-14-25)26-21(19-5-3-4-6-22(19)28-23)15-20(24-26)17-7-9-18(27)10-8-17/h3-10,16,21,27H,11-15H2,1-2H3/t21-/m0/s1. The van der Waals surface area contributed by atoms with Gasteiger partial charge in [-0.25, -0.2) is 5.01 Å². The highest BCUT2D eigenvalue weighted by molar-refractivity contribution is 6.02. The van der Waals surface area contributed by atoms with Crippen LogP contribution in [-0.4, -0.2) is 45.6 Å². The highest BCUT2D eigenvalue weighted by Crippen LogP contribution is 2.50. The number of fused-ring (bicyclic) bond motifs is 4. The van der Waals surface area contributed by atoms with Crippen LogP contribution in [0.25, 0.3) is 0 Å². The molecule has 1 atom stereocenters. The number of piperidine rings is 1. The third kappa shape index (κ3) is 2.76. The molecule has 1 spiro atoms. The van der Waals surface area contributed by atoms with Crippen molar-refractivity contribution in [3.05, 3.63) is 59.7 Å². The van der Waals surface area contributed by atoms with Crippen LogP contribution in [0, 0.1) is 0 Å². The zero-order valence-corrected chi connectivity index (χ0v) is 16.5. The molecule has 5 heteroatoms. The third-order valence-electron chi connectivity index (χ3n) is 6.42. The number of rotatable bonds is 2. The zero-order chi connectivity index (χ0) is 19.3. The number of benzene rings is 2. The van der Waals surface area contributed by atoms with Crippen molar-refractivity contribution in [1.82, 2.24) is 9.91 Å². The van der Waals surface area contributed by atoms with E-state index in [0.717, 1.165) is 49.4 Å². The summed E-state index contributed by atoms with van der Waals surface area (Å²) in [5.41, 5.74) is 2.98. The maximum absolute atomic E-state index is 9.63. The van der Waals surface area contributed by atoms with Crippen LogP contribution >= 0.6 is 0 Å². The molecule has 3 aliphatic heterocycles. The van der Waals surface area contributed by atoms with Crippen molar-refractivity contribution in [2.45, 2.75) is 50.9 Å². The van der Waals surface area contributed by atoms with Gasteiger partial charge >= 0.3 is 0 Å². The first-order chi connectivity index (χ1) is 13.6. The number of nitrogens with zero attached hydrogens (tertiary/aromatic N) is 3. The number of phenolic OH excluding ortho intramolecular Hbond substituents is 1. The summed E-state index contributed by atoms with van der Waals surface area (Å²) < 4.78 is 6.66. The van der Waals surface area contributed by atoms with E-state index in [1.807, 2.05) is 12.1 Å². The molecule has 0 bridgehead atoms. The lowest BCUT2D eigenvalue weighted by Gasteiger charge is -2.51. The van der Waals surface area contributed by atoms with Gasteiger partial charge in [-0.3, -0.25) is 0 Å². The smallest absolute Gasteiger partial charge is 0.200 e. The van der Waals surface area contributed by atoms with Gasteiger partial charge in [-0.1, -0.05) is 18.2 Å². The Kier molecular flexibility index (Phi) is 4.09. The molecule has 0 unspecified atom stereocenters. The second-order valence-electron chi connectivity index (χ2n) is 8.37. The molecule has 5 nitrogen and oxygen atoms in total. The van der Waals surface area contributed by atoms with E-state index in [0.29, 0.717) is 6.04 Å². The average molecular weight is 377 g/mol. The van der Waals surface area contributed by atoms with E-state index in [1.165, 1.54) is 5.56 Å². The largest absolute Gasteiger partial charge is 0.508 e. The monoisotopic (exact) mass is 377 g/mol. The highest BCUT2D eigenvalue weighted by atomic mass is 16.5. The van der Waals surface area contributed by atoms with Crippen LogP contribution in [0.3, 0.4) is 0 Å². The van der Waals surface area contributed by atoms with E-state index in [-0.39, 0.29) is 17.5 Å². The number of phenols is 1. The van der Waals surface area contributed by atoms with Crippen LogP contribution in [0.2, 0.25) is 0 Å². The number of para-hydroxylation sites is 1. The molecule has 2 aromatic carbocycles. The summed E-state index contributed by atoms with van der Waals surface area (Å²) >= 11 is 0. The van der Waals surface area contributed by atoms with Crippen LogP contribution in [-0.2, 0) is 0 Å². The van der Waals surface area contributed by atoms with Crippen molar-refractivity contribution in [2.75, 3.05) is 13.1 Å². The molecule has 5 rings (SSSR count). The summed E-state index contributed by atoms with van der Waals surface area (Å²) in [6, 6.07) is 16.5. The van der Waals surface area contributed by atoms with Crippen molar-refractivity contribution in [3.63, 3.8) is 0 Å². The Morgan fingerprint density at radius 1 is 1.07 bits per heavy atom. The van der Waals surface area contributed by atoms with Gasteiger partial charge in [0.15, 0.2) is 0 Å². The number of aromatic hydroxyl groups is 1. The first-order valence-electron chi connectivity index (χ1n) is 10.2. The highest BCUT2D eigenvalue weighted by Gasteiger charge is 2.51. The number of ether oxygens (including phenoxy) is 1. The minimum Gasteiger partial charge on any atom is -0.508 e. The summed E-state index contributed by atoms with van der Waals surface area (Å²) in [5, 5.41) is 17.0. The molecule has 3 heterocycles. The minimum atomic E-state index is -0.372. The van der Waals surface area contributed by atoms with Gasteiger partial charge in [-0.2, -0.15) is 5.10 Å². The Morgan fingerprint density at radius 3 is 2.50 bits per heavy atom. The molecule has 0 saturated carbocycles. The van der Waals surface area contributed by atoms with Crippen LogP contribution in [0.5, 0.6) is 11.5 Å². The molecule has 1 fully saturated rings. The third-order valence-corrected chi connectivity index (χ3v) is 6.42. The predicted molar refractivity (Wildman–Crippen MR) is 110 cm³/mol. The van der Waals surface area contributed by atoms with Gasteiger partial charge in [0.2, 0.25) is 5.72 Å². The Balaban J connectivity index is 1.53. The normalized spacial score (nSPS) is 23.3. The van der Waals surface area contributed by atoms with Crippen LogP contribution in [0.15, 0.2) is 53.6 Å². The fourth-order valence-corrected chi connectivity index (χ4v) is 4.78. The lowest BCUT2D eigenvalue weighted by Crippen LogP contribution is -2.59. The second kappa shape index (κ2) is 6.52. The maximum atomic E-state index is 9.63. The van der Waals surface area contributed by atoms with Crippen molar-refractivity contribution in [3.8, 4) is 11.5 Å². The molecular formula is C23H27N3O2. The second-order valence-corrected chi connectivity index (χ2v) is 8.37. The van der Waals surface area contributed by atoms with Gasteiger partial charge in [0.25, 0.3) is 0 Å². The van der Waals surface area contributed by atoms with Gasteiger partial charge in [0, 0.05) is 44.0 Å². The van der Waals surface area contributed by atoms with Crippen molar-refractivity contribution in [1.29, 1.82) is 0 Å². The molecule has 28 heavy (non-hydrogen) atoms. The Labute approximate surface area is 166 Å². The number of hydrazone groups is 1. The summed E-state index contributed by atoms with van der Waals surface area (Å²) in [5.74, 6) is 1.29. The molecule has 0 radical (unpaired) electrons. The van der Waals surface area contributed by atoms with Gasteiger partial charge in [-0.05, 0) is 49.7 Å². The van der Waals surface area contributed by atoms with E-state index in [1.54, 1.807) is 12.1 Å². The Hall–Kier alpha value is -2.53. The maximum Gasteiger partial charge on any atom is 0.200 e. The Morgan fingerprint density at radius 2 is 1.79 bits per heavy atom. The lowest BCUT2D eigenvalue weighted by atomic mass is 9.90. The van der Waals surface area contributed by atoms with E-state index >= 15 is 0 Å². The minimum absolute atomic E-state index is 0.208. The molecule has 3 aliphatic rings. The molecule has 146 valence electrons. The van der Waals surface area contributed by atoms with Gasteiger partial charge < -0.3 is 14.7 Å². The van der Waals surface area contributed by atoms with Crippen molar-refractivity contribution >= 4 is 5.71 Å². The first-order valence-corrected chi connectivity index (χ1v) is 10.2. The van der Waals surface area contributed by atoms with Crippen molar-refractivity contribution < 1.29 is 9.84 Å². The average Bonchev–Trinajstić information content (AvgIpc) is 3.16. The zero-order valence-electron chi connectivity index (χ0n) is 16.5. The molecule has 0 aliphatic carbocycles. The van der Waals surface area contributed by atoms with Crippen LogP contribution in [0.1, 0.15) is 50.3 Å². The topological polar surface area (TPSA) is 48.3 Å². The first kappa shape index (κ1) is 17.6. The summed E-state index contributed by atoms with van der Waals surface area (Å²) in [4.78, 5) is 2.52. The van der Waals surface area contributed by atoms with E-state index in [4.69, 9.17) is 9.84 Å². The summed E-state index contributed by atoms with van der Waals surface area (Å²) in [7, 11) is 0. The van der Waals surface area contributed by atoms with Gasteiger partial charge in [0.1, 0.15) is 11.5 Å². The van der Waals surface area contributed by atoms with Crippen LogP contribution in [0.4, 0.5) is 0 Å². The number of hydrogen-bond acceptors (Lipinski definition) is 5. The fourth-order valence-electron chi connectivity index (χ4n) is 4.78. The summed E-state index contributed by atoms with van der Waals surface area (Å²) in [6.45, 7) is 6.56. The fraction of sp³-hybridized carbons (Fsp3) is 0.435. The van der Waals surface area contributed by atoms with E-state index < -0.39 is 0 Å².